The zero-order valence-electron chi connectivity index (χ0n) is 12.7. The molecule has 2 aromatic heterocycles. The van der Waals surface area contributed by atoms with Gasteiger partial charge in [-0.1, -0.05) is 17.7 Å². The monoisotopic (exact) mass is 313 g/mol. The molecule has 0 unspecified atom stereocenters. The molecule has 0 radical (unpaired) electrons. The highest BCUT2D eigenvalue weighted by Crippen LogP contribution is 2.25. The minimum atomic E-state index is 0.729. The molecule has 0 spiro atoms. The van der Waals surface area contributed by atoms with Crippen molar-refractivity contribution in [2.75, 3.05) is 0 Å². The molecule has 0 aliphatic rings. The second-order valence-corrected chi connectivity index (χ2v) is 5.62. The van der Waals surface area contributed by atoms with E-state index in [4.69, 9.17) is 11.6 Å². The fourth-order valence-electron chi connectivity index (χ4n) is 2.50. The van der Waals surface area contributed by atoms with Gasteiger partial charge in [-0.2, -0.15) is 5.10 Å². The second-order valence-electron chi connectivity index (χ2n) is 5.18. The van der Waals surface area contributed by atoms with Gasteiger partial charge in [0, 0.05) is 27.7 Å². The van der Waals surface area contributed by atoms with Crippen LogP contribution >= 0.6 is 11.6 Å². The average molecular weight is 314 g/mol. The molecule has 0 bridgehead atoms. The Morgan fingerprint density at radius 1 is 1.09 bits per heavy atom. The van der Waals surface area contributed by atoms with Crippen molar-refractivity contribution < 1.29 is 0 Å². The minimum Gasteiger partial charge on any atom is -0.318 e. The molecule has 0 atom stereocenters. The molecule has 0 saturated carbocycles. The number of aryl methyl sites for hydroxylation is 2. The van der Waals surface area contributed by atoms with Crippen molar-refractivity contribution in [3.63, 3.8) is 0 Å². The summed E-state index contributed by atoms with van der Waals surface area (Å²) in [4.78, 5) is 0. The maximum atomic E-state index is 6.15. The number of hydrogen-bond donors (Lipinski definition) is 0. The Morgan fingerprint density at radius 3 is 2.55 bits per heavy atom. The van der Waals surface area contributed by atoms with Crippen molar-refractivity contribution in [3.8, 4) is 5.69 Å². The van der Waals surface area contributed by atoms with Crippen LogP contribution in [0.4, 0.5) is 0 Å². The molecular weight excluding hydrogens is 298 g/mol. The van der Waals surface area contributed by atoms with Gasteiger partial charge in [0.2, 0.25) is 0 Å². The van der Waals surface area contributed by atoms with Crippen LogP contribution in [-0.4, -0.2) is 25.7 Å². The van der Waals surface area contributed by atoms with Crippen LogP contribution in [0.3, 0.4) is 0 Å². The Kier molecular flexibility index (Phi) is 3.81. The van der Waals surface area contributed by atoms with Crippen LogP contribution in [0.5, 0.6) is 0 Å². The molecule has 0 amide bonds. The van der Waals surface area contributed by atoms with Crippen LogP contribution in [0.2, 0.25) is 5.02 Å². The predicted octanol–water partition coefficient (Wildman–Crippen LogP) is 3.53. The van der Waals surface area contributed by atoms with E-state index in [0.29, 0.717) is 0 Å². The fourth-order valence-corrected chi connectivity index (χ4v) is 2.66. The van der Waals surface area contributed by atoms with E-state index in [1.165, 1.54) is 5.56 Å². The van der Waals surface area contributed by atoms with Crippen molar-refractivity contribution in [1.82, 2.24) is 19.4 Å². The summed E-state index contributed by atoms with van der Waals surface area (Å²) < 4.78 is 3.76. The molecule has 0 aliphatic carbocycles. The Bertz CT molecular complexity index is 831. The first-order chi connectivity index (χ1) is 10.6. The van der Waals surface area contributed by atoms with E-state index in [1.807, 2.05) is 24.4 Å². The molecule has 5 nitrogen and oxygen atoms in total. The summed E-state index contributed by atoms with van der Waals surface area (Å²) in [6.07, 6.45) is 4.91. The van der Waals surface area contributed by atoms with Crippen molar-refractivity contribution in [2.45, 2.75) is 20.8 Å². The van der Waals surface area contributed by atoms with Crippen LogP contribution in [-0.2, 0) is 0 Å². The van der Waals surface area contributed by atoms with Crippen LogP contribution in [0, 0.1) is 20.8 Å². The summed E-state index contributed by atoms with van der Waals surface area (Å²) in [7, 11) is 0. The van der Waals surface area contributed by atoms with Gasteiger partial charge >= 0.3 is 0 Å². The third-order valence-corrected chi connectivity index (χ3v) is 3.85. The quantitative estimate of drug-likeness (QED) is 0.694. The summed E-state index contributed by atoms with van der Waals surface area (Å²) in [6, 6.07) is 8.02. The van der Waals surface area contributed by atoms with Gasteiger partial charge in [0.05, 0.1) is 6.21 Å². The van der Waals surface area contributed by atoms with Gasteiger partial charge in [0.25, 0.3) is 0 Å². The molecule has 2 heterocycles. The molecule has 3 aromatic rings. The summed E-state index contributed by atoms with van der Waals surface area (Å²) >= 11 is 6.15. The summed E-state index contributed by atoms with van der Waals surface area (Å²) in [6.45, 7) is 6.22. The van der Waals surface area contributed by atoms with Crippen molar-refractivity contribution in [3.05, 3.63) is 64.5 Å². The van der Waals surface area contributed by atoms with Crippen molar-refractivity contribution in [2.24, 2.45) is 5.10 Å². The van der Waals surface area contributed by atoms with Gasteiger partial charge in [0.15, 0.2) is 0 Å². The van der Waals surface area contributed by atoms with E-state index in [9.17, 15) is 0 Å². The van der Waals surface area contributed by atoms with E-state index >= 15 is 0 Å². The zero-order chi connectivity index (χ0) is 15.7. The Balaban J connectivity index is 2.05. The number of aromatic nitrogens is 4. The Morgan fingerprint density at radius 2 is 1.82 bits per heavy atom. The third-order valence-electron chi connectivity index (χ3n) is 3.62. The number of benzene rings is 1. The summed E-state index contributed by atoms with van der Waals surface area (Å²) in [5, 5.41) is 12.5. The SMILES string of the molecule is Cc1ccc(Cl)cc1-n1c(C)cc(/C=N/n2cnnc2)c1C. The smallest absolute Gasteiger partial charge is 0.141 e. The molecule has 112 valence electrons. The van der Waals surface area contributed by atoms with Crippen molar-refractivity contribution in [1.29, 1.82) is 0 Å². The van der Waals surface area contributed by atoms with Crippen LogP contribution in [0.15, 0.2) is 42.0 Å². The minimum absolute atomic E-state index is 0.729. The number of halogens is 1. The Labute approximate surface area is 133 Å². The van der Waals surface area contributed by atoms with Crippen LogP contribution < -0.4 is 0 Å². The lowest BCUT2D eigenvalue weighted by Crippen LogP contribution is -2.02. The van der Waals surface area contributed by atoms with Crippen LogP contribution in [0.25, 0.3) is 5.69 Å². The average Bonchev–Trinajstić information content (AvgIpc) is 3.08. The van der Waals surface area contributed by atoms with E-state index < -0.39 is 0 Å². The third kappa shape index (κ3) is 2.67. The maximum absolute atomic E-state index is 6.15. The topological polar surface area (TPSA) is 48.0 Å². The van der Waals surface area contributed by atoms with E-state index in [-0.39, 0.29) is 0 Å². The summed E-state index contributed by atoms with van der Waals surface area (Å²) in [5.74, 6) is 0. The highest BCUT2D eigenvalue weighted by atomic mass is 35.5. The largest absolute Gasteiger partial charge is 0.318 e. The van der Waals surface area contributed by atoms with Gasteiger partial charge in [-0.3, -0.25) is 0 Å². The van der Waals surface area contributed by atoms with Gasteiger partial charge in [-0.05, 0) is 44.5 Å². The molecule has 0 N–H and O–H groups in total. The van der Waals surface area contributed by atoms with Gasteiger partial charge in [-0.15, -0.1) is 10.2 Å². The zero-order valence-corrected chi connectivity index (χ0v) is 13.4. The highest BCUT2D eigenvalue weighted by Gasteiger charge is 2.11. The van der Waals surface area contributed by atoms with Gasteiger partial charge < -0.3 is 4.57 Å². The van der Waals surface area contributed by atoms with E-state index in [2.05, 4.69) is 46.7 Å². The Hall–Kier alpha value is -2.40. The van der Waals surface area contributed by atoms with Gasteiger partial charge in [0.1, 0.15) is 12.7 Å². The number of nitrogens with zero attached hydrogens (tertiary/aromatic N) is 5. The first kappa shape index (κ1) is 14.5. The lowest BCUT2D eigenvalue weighted by molar-refractivity contribution is 0.877. The predicted molar refractivity (Wildman–Crippen MR) is 88.0 cm³/mol. The van der Waals surface area contributed by atoms with Gasteiger partial charge in [-0.25, -0.2) is 4.68 Å². The highest BCUT2D eigenvalue weighted by molar-refractivity contribution is 6.30. The summed E-state index contributed by atoms with van der Waals surface area (Å²) in [5.41, 5.74) is 5.55. The second kappa shape index (κ2) is 5.77. The fraction of sp³-hybridized carbons (Fsp3) is 0.188. The molecule has 0 aliphatic heterocycles. The lowest BCUT2D eigenvalue weighted by atomic mass is 10.2. The van der Waals surface area contributed by atoms with Crippen LogP contribution in [0.1, 0.15) is 22.5 Å². The molecule has 6 heteroatoms. The standard InChI is InChI=1S/C16H16ClN5/c1-11-4-5-15(17)7-16(11)22-12(2)6-14(13(22)3)8-20-21-9-18-19-10-21/h4-10H,1-3H3/b20-8+. The molecule has 0 saturated heterocycles. The molecule has 22 heavy (non-hydrogen) atoms. The first-order valence-corrected chi connectivity index (χ1v) is 7.28. The molecule has 0 fully saturated rings. The molecular formula is C16H16ClN5. The molecule has 3 rings (SSSR count). The maximum Gasteiger partial charge on any atom is 0.141 e. The van der Waals surface area contributed by atoms with Crippen molar-refractivity contribution >= 4 is 17.8 Å². The normalized spacial score (nSPS) is 11.5. The number of hydrogen-bond acceptors (Lipinski definition) is 3. The molecule has 1 aromatic carbocycles. The van der Waals surface area contributed by atoms with E-state index in [0.717, 1.165) is 27.7 Å². The first-order valence-electron chi connectivity index (χ1n) is 6.90. The lowest BCUT2D eigenvalue weighted by Gasteiger charge is -2.13. The number of rotatable bonds is 3. The van der Waals surface area contributed by atoms with E-state index in [1.54, 1.807) is 17.3 Å².